The summed E-state index contributed by atoms with van der Waals surface area (Å²) in [5.74, 6) is -0.521. The monoisotopic (exact) mass is 379 g/mol. The highest BCUT2D eigenvalue weighted by atomic mass is 35.5. The molecule has 1 aromatic carbocycles. The Morgan fingerprint density at radius 1 is 1.16 bits per heavy atom. The van der Waals surface area contributed by atoms with Crippen LogP contribution in [0.25, 0.3) is 0 Å². The van der Waals surface area contributed by atoms with Gasteiger partial charge in [0.2, 0.25) is 11.8 Å². The summed E-state index contributed by atoms with van der Waals surface area (Å²) in [4.78, 5) is 35.3. The van der Waals surface area contributed by atoms with Crippen molar-refractivity contribution in [1.82, 2.24) is 5.32 Å². The molecule has 0 saturated carbocycles. The van der Waals surface area contributed by atoms with Crippen molar-refractivity contribution in [3.8, 4) is 0 Å². The largest absolute Gasteiger partial charge is 0.351 e. The van der Waals surface area contributed by atoms with E-state index >= 15 is 0 Å². The lowest BCUT2D eigenvalue weighted by molar-refractivity contribution is -0.116. The predicted octanol–water partition coefficient (Wildman–Crippen LogP) is 3.51. The molecule has 132 valence electrons. The summed E-state index contributed by atoms with van der Waals surface area (Å²) in [6.07, 6.45) is 0.802. The molecule has 8 heteroatoms. The molecule has 0 unspecified atom stereocenters. The Balaban J connectivity index is 1.74. The van der Waals surface area contributed by atoms with E-state index in [1.165, 1.54) is 18.3 Å². The average molecular weight is 380 g/mol. The van der Waals surface area contributed by atoms with Gasteiger partial charge in [0.25, 0.3) is 5.91 Å². The number of carbonyl (C=O) groups is 3. The molecular formula is C17H18ClN3O3S. The molecule has 2 rings (SSSR count). The third kappa shape index (κ3) is 6.21. The van der Waals surface area contributed by atoms with Crippen molar-refractivity contribution >= 4 is 52.0 Å². The number of hydrogen-bond acceptors (Lipinski definition) is 4. The van der Waals surface area contributed by atoms with E-state index in [0.717, 1.165) is 0 Å². The van der Waals surface area contributed by atoms with Crippen molar-refractivity contribution in [2.75, 3.05) is 17.2 Å². The molecular weight excluding hydrogens is 362 g/mol. The number of thiophene rings is 1. The maximum Gasteiger partial charge on any atom is 0.261 e. The molecule has 0 fully saturated rings. The van der Waals surface area contributed by atoms with Crippen molar-refractivity contribution in [2.45, 2.75) is 19.8 Å². The van der Waals surface area contributed by atoms with E-state index < -0.39 is 0 Å². The summed E-state index contributed by atoms with van der Waals surface area (Å²) < 4.78 is 0. The van der Waals surface area contributed by atoms with Crippen LogP contribution in [-0.2, 0) is 9.59 Å². The van der Waals surface area contributed by atoms with Gasteiger partial charge in [-0.15, -0.1) is 11.3 Å². The highest BCUT2D eigenvalue weighted by Gasteiger charge is 2.08. The van der Waals surface area contributed by atoms with Gasteiger partial charge in [0.1, 0.15) is 0 Å². The number of amides is 3. The van der Waals surface area contributed by atoms with E-state index in [1.807, 2.05) is 11.4 Å². The Morgan fingerprint density at radius 2 is 1.96 bits per heavy atom. The van der Waals surface area contributed by atoms with Crippen LogP contribution in [0.15, 0.2) is 35.7 Å². The van der Waals surface area contributed by atoms with Gasteiger partial charge in [-0.1, -0.05) is 17.7 Å². The zero-order chi connectivity index (χ0) is 18.2. The summed E-state index contributed by atoms with van der Waals surface area (Å²) in [6.45, 7) is 1.82. The molecule has 1 heterocycles. The number of anilines is 2. The van der Waals surface area contributed by atoms with Gasteiger partial charge in [0.15, 0.2) is 0 Å². The van der Waals surface area contributed by atoms with Gasteiger partial charge in [-0.25, -0.2) is 0 Å². The second-order valence-corrected chi connectivity index (χ2v) is 6.62. The lowest BCUT2D eigenvalue weighted by Crippen LogP contribution is -2.24. The quantitative estimate of drug-likeness (QED) is 0.643. The van der Waals surface area contributed by atoms with Crippen LogP contribution in [0, 0.1) is 0 Å². The zero-order valence-electron chi connectivity index (χ0n) is 13.6. The smallest absolute Gasteiger partial charge is 0.261 e. The van der Waals surface area contributed by atoms with Crippen LogP contribution in [0.5, 0.6) is 0 Å². The van der Waals surface area contributed by atoms with Gasteiger partial charge < -0.3 is 16.0 Å². The molecule has 3 amide bonds. The minimum absolute atomic E-state index is 0.129. The number of carbonyl (C=O) groups excluding carboxylic acids is 3. The van der Waals surface area contributed by atoms with E-state index in [1.54, 1.807) is 24.3 Å². The van der Waals surface area contributed by atoms with Gasteiger partial charge in [-0.05, 0) is 36.1 Å². The summed E-state index contributed by atoms with van der Waals surface area (Å²) in [5, 5.41) is 10.3. The van der Waals surface area contributed by atoms with E-state index in [2.05, 4.69) is 16.0 Å². The summed E-state index contributed by atoms with van der Waals surface area (Å²) >= 11 is 7.43. The molecule has 0 atom stereocenters. The highest BCUT2D eigenvalue weighted by molar-refractivity contribution is 7.12. The predicted molar refractivity (Wildman–Crippen MR) is 100 cm³/mol. The molecule has 0 aliphatic carbocycles. The molecule has 0 bridgehead atoms. The van der Waals surface area contributed by atoms with Gasteiger partial charge in [-0.3, -0.25) is 14.4 Å². The fraction of sp³-hybridized carbons (Fsp3) is 0.235. The van der Waals surface area contributed by atoms with Crippen LogP contribution >= 0.6 is 22.9 Å². The van der Waals surface area contributed by atoms with E-state index in [0.29, 0.717) is 34.2 Å². The first-order valence-electron chi connectivity index (χ1n) is 7.64. The maximum absolute atomic E-state index is 11.9. The fourth-order valence-corrected chi connectivity index (χ4v) is 2.92. The van der Waals surface area contributed by atoms with Crippen LogP contribution in [0.1, 0.15) is 29.4 Å². The zero-order valence-corrected chi connectivity index (χ0v) is 15.2. The van der Waals surface area contributed by atoms with E-state index in [9.17, 15) is 14.4 Å². The first-order valence-corrected chi connectivity index (χ1v) is 8.90. The summed E-state index contributed by atoms with van der Waals surface area (Å²) in [6, 6.07) is 8.42. The van der Waals surface area contributed by atoms with Gasteiger partial charge in [0, 0.05) is 25.6 Å². The Bertz CT molecular complexity index is 763. The number of benzene rings is 1. The Hall–Kier alpha value is -2.38. The van der Waals surface area contributed by atoms with Crippen LogP contribution in [0.2, 0.25) is 5.02 Å². The number of nitrogens with one attached hydrogen (secondary N) is 3. The van der Waals surface area contributed by atoms with Crippen molar-refractivity contribution in [3.05, 3.63) is 45.6 Å². The van der Waals surface area contributed by atoms with Crippen molar-refractivity contribution in [2.24, 2.45) is 0 Å². The van der Waals surface area contributed by atoms with Crippen molar-refractivity contribution < 1.29 is 14.4 Å². The number of rotatable bonds is 7. The van der Waals surface area contributed by atoms with Crippen LogP contribution < -0.4 is 16.0 Å². The van der Waals surface area contributed by atoms with Crippen LogP contribution in [-0.4, -0.2) is 24.3 Å². The molecule has 2 aromatic rings. The van der Waals surface area contributed by atoms with Crippen molar-refractivity contribution in [1.29, 1.82) is 0 Å². The van der Waals surface area contributed by atoms with Crippen LogP contribution in [0.3, 0.4) is 0 Å². The lowest BCUT2D eigenvalue weighted by atomic mass is 10.2. The highest BCUT2D eigenvalue weighted by Crippen LogP contribution is 2.25. The fourth-order valence-electron chi connectivity index (χ4n) is 2.05. The van der Waals surface area contributed by atoms with Gasteiger partial charge >= 0.3 is 0 Å². The van der Waals surface area contributed by atoms with E-state index in [4.69, 9.17) is 11.6 Å². The number of hydrogen-bond donors (Lipinski definition) is 3. The molecule has 0 radical (unpaired) electrons. The van der Waals surface area contributed by atoms with Crippen molar-refractivity contribution in [3.63, 3.8) is 0 Å². The Morgan fingerprint density at radius 3 is 2.60 bits per heavy atom. The topological polar surface area (TPSA) is 87.3 Å². The third-order valence-electron chi connectivity index (χ3n) is 3.17. The maximum atomic E-state index is 11.9. The molecule has 3 N–H and O–H groups in total. The molecule has 6 nitrogen and oxygen atoms in total. The molecule has 0 aliphatic heterocycles. The van der Waals surface area contributed by atoms with Crippen LogP contribution in [0.4, 0.5) is 11.4 Å². The average Bonchev–Trinajstić information content (AvgIpc) is 3.08. The Kier molecular flexibility index (Phi) is 6.97. The second-order valence-electron chi connectivity index (χ2n) is 5.26. The normalized spacial score (nSPS) is 10.2. The molecule has 25 heavy (non-hydrogen) atoms. The van der Waals surface area contributed by atoms with E-state index in [-0.39, 0.29) is 24.1 Å². The first kappa shape index (κ1) is 19.0. The van der Waals surface area contributed by atoms with Gasteiger partial charge in [-0.2, -0.15) is 0 Å². The molecule has 0 spiro atoms. The lowest BCUT2D eigenvalue weighted by Gasteiger charge is -2.09. The first-order chi connectivity index (χ1) is 12.0. The SMILES string of the molecule is CC(=O)Nc1ccc(NC(=O)CCCNC(=O)c2cccs2)cc1Cl. The minimum Gasteiger partial charge on any atom is -0.351 e. The molecule has 0 aliphatic rings. The second kappa shape index (κ2) is 9.19. The molecule has 0 saturated heterocycles. The molecule has 1 aromatic heterocycles. The summed E-state index contributed by atoms with van der Waals surface area (Å²) in [5.41, 5.74) is 1.04. The number of halogens is 1. The van der Waals surface area contributed by atoms with Gasteiger partial charge in [0.05, 0.1) is 15.6 Å². The minimum atomic E-state index is -0.219. The Labute approximate surface area is 154 Å². The third-order valence-corrected chi connectivity index (χ3v) is 4.36. The standard InChI is InChI=1S/C17H18ClN3O3S/c1-11(22)20-14-7-6-12(10-13(14)18)21-16(23)5-2-8-19-17(24)15-4-3-9-25-15/h3-4,6-7,9-10H,2,5,8H2,1H3,(H,19,24)(H,20,22)(H,21,23). The summed E-state index contributed by atoms with van der Waals surface area (Å²) in [7, 11) is 0.